The van der Waals surface area contributed by atoms with Gasteiger partial charge in [0.1, 0.15) is 0 Å². The van der Waals surface area contributed by atoms with Crippen LogP contribution in [0.25, 0.3) is 0 Å². The van der Waals surface area contributed by atoms with E-state index in [0.29, 0.717) is 11.3 Å². The second kappa shape index (κ2) is 5.84. The van der Waals surface area contributed by atoms with Gasteiger partial charge in [-0.05, 0) is 35.9 Å². The lowest BCUT2D eigenvalue weighted by Crippen LogP contribution is -1.95. The van der Waals surface area contributed by atoms with E-state index in [1.807, 2.05) is 0 Å². The van der Waals surface area contributed by atoms with Crippen molar-refractivity contribution in [3.8, 4) is 0 Å². The molecular formula is C14H10F2O2S. The molecule has 5 heteroatoms. The van der Waals surface area contributed by atoms with Crippen molar-refractivity contribution in [3.63, 3.8) is 0 Å². The van der Waals surface area contributed by atoms with Crippen LogP contribution >= 0.6 is 11.8 Å². The molecule has 0 amide bonds. The third-order valence-electron chi connectivity index (χ3n) is 2.47. The Morgan fingerprint density at radius 2 is 1.89 bits per heavy atom. The third kappa shape index (κ3) is 3.54. The molecule has 0 aliphatic heterocycles. The predicted molar refractivity (Wildman–Crippen MR) is 69.3 cm³/mol. The van der Waals surface area contributed by atoms with E-state index in [2.05, 4.69) is 0 Å². The van der Waals surface area contributed by atoms with Crippen molar-refractivity contribution in [2.75, 3.05) is 0 Å². The number of benzene rings is 2. The van der Waals surface area contributed by atoms with Crippen LogP contribution in [-0.2, 0) is 5.75 Å². The van der Waals surface area contributed by atoms with Gasteiger partial charge in [0, 0.05) is 10.6 Å². The average molecular weight is 280 g/mol. The maximum Gasteiger partial charge on any atom is 0.335 e. The summed E-state index contributed by atoms with van der Waals surface area (Å²) < 4.78 is 25.8. The molecule has 2 rings (SSSR count). The van der Waals surface area contributed by atoms with Gasteiger partial charge in [-0.2, -0.15) is 0 Å². The Morgan fingerprint density at radius 3 is 2.58 bits per heavy atom. The molecule has 0 radical (unpaired) electrons. The van der Waals surface area contributed by atoms with Crippen LogP contribution in [0.15, 0.2) is 47.4 Å². The summed E-state index contributed by atoms with van der Waals surface area (Å²) in [5.74, 6) is -2.30. The SMILES string of the molecule is O=C(O)c1cccc(SCc2ccc(F)c(F)c2)c1. The fourth-order valence-electron chi connectivity index (χ4n) is 1.51. The molecule has 0 saturated carbocycles. The van der Waals surface area contributed by atoms with Gasteiger partial charge in [-0.1, -0.05) is 12.1 Å². The van der Waals surface area contributed by atoms with Crippen molar-refractivity contribution in [2.45, 2.75) is 10.6 Å². The van der Waals surface area contributed by atoms with E-state index in [-0.39, 0.29) is 5.56 Å². The van der Waals surface area contributed by atoms with Gasteiger partial charge in [0.2, 0.25) is 0 Å². The lowest BCUT2D eigenvalue weighted by atomic mass is 10.2. The van der Waals surface area contributed by atoms with E-state index in [9.17, 15) is 13.6 Å². The van der Waals surface area contributed by atoms with Crippen molar-refractivity contribution in [1.29, 1.82) is 0 Å². The minimum Gasteiger partial charge on any atom is -0.478 e. The number of halogens is 2. The molecule has 0 heterocycles. The highest BCUT2D eigenvalue weighted by Crippen LogP contribution is 2.24. The lowest BCUT2D eigenvalue weighted by molar-refractivity contribution is 0.0696. The van der Waals surface area contributed by atoms with Crippen molar-refractivity contribution in [1.82, 2.24) is 0 Å². The molecule has 1 N–H and O–H groups in total. The topological polar surface area (TPSA) is 37.3 Å². The summed E-state index contributed by atoms with van der Waals surface area (Å²) in [5, 5.41) is 8.86. The average Bonchev–Trinajstić information content (AvgIpc) is 2.40. The van der Waals surface area contributed by atoms with Gasteiger partial charge in [-0.25, -0.2) is 13.6 Å². The monoisotopic (exact) mass is 280 g/mol. The van der Waals surface area contributed by atoms with E-state index in [4.69, 9.17) is 5.11 Å². The number of carbonyl (C=O) groups is 1. The van der Waals surface area contributed by atoms with Gasteiger partial charge in [-0.15, -0.1) is 11.8 Å². The lowest BCUT2D eigenvalue weighted by Gasteiger charge is -2.04. The Bertz CT molecular complexity index is 614. The van der Waals surface area contributed by atoms with Crippen molar-refractivity contribution >= 4 is 17.7 Å². The molecule has 0 aromatic heterocycles. The largest absolute Gasteiger partial charge is 0.478 e. The van der Waals surface area contributed by atoms with Crippen molar-refractivity contribution in [3.05, 3.63) is 65.2 Å². The molecule has 0 bridgehead atoms. The molecule has 0 fully saturated rings. The highest BCUT2D eigenvalue weighted by atomic mass is 32.2. The molecular weight excluding hydrogens is 270 g/mol. The summed E-state index contributed by atoms with van der Waals surface area (Å²) in [6, 6.07) is 10.2. The van der Waals surface area contributed by atoms with E-state index < -0.39 is 17.6 Å². The number of aromatic carboxylic acids is 1. The molecule has 2 nitrogen and oxygen atoms in total. The van der Waals surface area contributed by atoms with E-state index in [1.165, 1.54) is 23.9 Å². The summed E-state index contributed by atoms with van der Waals surface area (Å²) >= 11 is 1.37. The molecule has 2 aromatic carbocycles. The minimum atomic E-state index is -0.990. The maximum atomic E-state index is 13.0. The Balaban J connectivity index is 2.07. The molecule has 0 spiro atoms. The van der Waals surface area contributed by atoms with Crippen molar-refractivity contribution in [2.24, 2.45) is 0 Å². The second-order valence-corrected chi connectivity index (χ2v) is 4.92. The Kier molecular flexibility index (Phi) is 4.16. The van der Waals surface area contributed by atoms with Gasteiger partial charge in [0.15, 0.2) is 11.6 Å². The Labute approximate surface area is 113 Å². The second-order valence-electron chi connectivity index (χ2n) is 3.87. The number of hydrogen-bond acceptors (Lipinski definition) is 2. The molecule has 0 unspecified atom stereocenters. The summed E-state index contributed by atoms with van der Waals surface area (Å²) in [6.07, 6.45) is 0. The summed E-state index contributed by atoms with van der Waals surface area (Å²) in [5.41, 5.74) is 0.847. The highest BCUT2D eigenvalue weighted by molar-refractivity contribution is 7.98. The zero-order chi connectivity index (χ0) is 13.8. The van der Waals surface area contributed by atoms with Crippen LogP contribution in [-0.4, -0.2) is 11.1 Å². The molecule has 0 saturated heterocycles. The third-order valence-corrected chi connectivity index (χ3v) is 3.54. The zero-order valence-corrected chi connectivity index (χ0v) is 10.6. The normalized spacial score (nSPS) is 10.4. The Hall–Kier alpha value is -1.88. The molecule has 0 aliphatic rings. The predicted octanol–water partition coefficient (Wildman–Crippen LogP) is 3.96. The minimum absolute atomic E-state index is 0.204. The first-order valence-electron chi connectivity index (χ1n) is 5.46. The van der Waals surface area contributed by atoms with Crippen LogP contribution in [0.1, 0.15) is 15.9 Å². The first-order valence-corrected chi connectivity index (χ1v) is 6.45. The number of rotatable bonds is 4. The van der Waals surface area contributed by atoms with Crippen molar-refractivity contribution < 1.29 is 18.7 Å². The Morgan fingerprint density at radius 1 is 1.11 bits per heavy atom. The number of thioether (sulfide) groups is 1. The van der Waals surface area contributed by atoms with Gasteiger partial charge in [-0.3, -0.25) is 0 Å². The molecule has 2 aromatic rings. The first-order chi connectivity index (χ1) is 9.06. The van der Waals surface area contributed by atoms with Crippen LogP contribution in [0.3, 0.4) is 0 Å². The molecule has 98 valence electrons. The number of hydrogen-bond donors (Lipinski definition) is 1. The van der Waals surface area contributed by atoms with Gasteiger partial charge in [0.25, 0.3) is 0 Å². The fraction of sp³-hybridized carbons (Fsp3) is 0.0714. The molecule has 19 heavy (non-hydrogen) atoms. The maximum absolute atomic E-state index is 13.0. The first kappa shape index (κ1) is 13.5. The van der Waals surface area contributed by atoms with Crippen LogP contribution < -0.4 is 0 Å². The number of carboxylic acids is 1. The van der Waals surface area contributed by atoms with Gasteiger partial charge >= 0.3 is 5.97 Å². The van der Waals surface area contributed by atoms with Gasteiger partial charge in [0.05, 0.1) is 5.56 Å². The smallest absolute Gasteiger partial charge is 0.335 e. The number of carboxylic acid groups (broad SMARTS) is 1. The summed E-state index contributed by atoms with van der Waals surface area (Å²) in [6.45, 7) is 0. The van der Waals surface area contributed by atoms with E-state index in [0.717, 1.165) is 17.0 Å². The summed E-state index contributed by atoms with van der Waals surface area (Å²) in [7, 11) is 0. The van der Waals surface area contributed by atoms with Crippen LogP contribution in [0.2, 0.25) is 0 Å². The highest BCUT2D eigenvalue weighted by Gasteiger charge is 2.05. The fourth-order valence-corrected chi connectivity index (χ4v) is 2.41. The summed E-state index contributed by atoms with van der Waals surface area (Å²) in [4.78, 5) is 11.6. The van der Waals surface area contributed by atoms with Crippen LogP contribution in [0.4, 0.5) is 8.78 Å². The molecule has 0 atom stereocenters. The van der Waals surface area contributed by atoms with E-state index in [1.54, 1.807) is 18.2 Å². The van der Waals surface area contributed by atoms with Crippen LogP contribution in [0, 0.1) is 11.6 Å². The standard InChI is InChI=1S/C14H10F2O2S/c15-12-5-4-9(6-13(12)16)8-19-11-3-1-2-10(7-11)14(17)18/h1-7H,8H2,(H,17,18). The molecule has 0 aliphatic carbocycles. The van der Waals surface area contributed by atoms with Crippen LogP contribution in [0.5, 0.6) is 0 Å². The quantitative estimate of drug-likeness (QED) is 0.861. The van der Waals surface area contributed by atoms with Gasteiger partial charge < -0.3 is 5.11 Å². The van der Waals surface area contributed by atoms with E-state index >= 15 is 0 Å². The zero-order valence-electron chi connectivity index (χ0n) is 9.77.